The highest BCUT2D eigenvalue weighted by molar-refractivity contribution is 6.30. The number of carbonyl (C=O) groups is 2. The molecule has 196 valence electrons. The SMILES string of the molecule is O=C(OC(=O)C1(Cc2cncc(Nc3ccn[nH]3)n2)CCC(Oc2cccc(Cl)c2F)CC1)C(F)(F)F. The van der Waals surface area contributed by atoms with Crippen molar-refractivity contribution in [2.24, 2.45) is 5.41 Å². The number of aromatic nitrogens is 4. The van der Waals surface area contributed by atoms with Crippen molar-refractivity contribution < 1.29 is 36.6 Å². The number of nitrogens with zero attached hydrogens (tertiary/aromatic N) is 3. The number of aromatic amines is 1. The van der Waals surface area contributed by atoms with E-state index in [1.165, 1.54) is 36.8 Å². The van der Waals surface area contributed by atoms with Crippen LogP contribution in [0.3, 0.4) is 0 Å². The number of hydrogen-bond acceptors (Lipinski definition) is 8. The molecule has 2 aromatic heterocycles. The van der Waals surface area contributed by atoms with Gasteiger partial charge in [-0.1, -0.05) is 17.7 Å². The van der Waals surface area contributed by atoms with Crippen LogP contribution < -0.4 is 10.1 Å². The number of hydrogen-bond donors (Lipinski definition) is 2. The number of nitrogens with one attached hydrogen (secondary N) is 2. The van der Waals surface area contributed by atoms with Gasteiger partial charge in [-0.05, 0) is 37.8 Å². The van der Waals surface area contributed by atoms with Crippen molar-refractivity contribution in [3.05, 3.63) is 59.4 Å². The summed E-state index contributed by atoms with van der Waals surface area (Å²) >= 11 is 5.79. The van der Waals surface area contributed by atoms with Gasteiger partial charge < -0.3 is 14.8 Å². The third-order valence-corrected chi connectivity index (χ3v) is 6.21. The first kappa shape index (κ1) is 26.3. The highest BCUT2D eigenvalue weighted by Crippen LogP contribution is 2.42. The molecule has 0 saturated heterocycles. The van der Waals surface area contributed by atoms with Crippen LogP contribution >= 0.6 is 11.6 Å². The Kier molecular flexibility index (Phi) is 7.62. The first-order valence-corrected chi connectivity index (χ1v) is 11.4. The van der Waals surface area contributed by atoms with Crippen molar-refractivity contribution >= 4 is 35.2 Å². The van der Waals surface area contributed by atoms with Gasteiger partial charge in [0.15, 0.2) is 11.6 Å². The molecule has 37 heavy (non-hydrogen) atoms. The molecule has 0 radical (unpaired) electrons. The maximum Gasteiger partial charge on any atom is 0.491 e. The number of ether oxygens (including phenoxy) is 2. The average Bonchev–Trinajstić information content (AvgIpc) is 3.36. The zero-order valence-corrected chi connectivity index (χ0v) is 19.8. The van der Waals surface area contributed by atoms with Gasteiger partial charge in [-0.15, -0.1) is 0 Å². The molecule has 2 heterocycles. The number of H-pyrrole nitrogens is 1. The van der Waals surface area contributed by atoms with Gasteiger partial charge in [0.1, 0.15) is 11.6 Å². The summed E-state index contributed by atoms with van der Waals surface area (Å²) in [6.07, 6.45) is -1.44. The minimum Gasteiger partial charge on any atom is -0.487 e. The number of rotatable bonds is 7. The highest BCUT2D eigenvalue weighted by atomic mass is 35.5. The van der Waals surface area contributed by atoms with Crippen molar-refractivity contribution in [2.45, 2.75) is 44.4 Å². The highest BCUT2D eigenvalue weighted by Gasteiger charge is 2.49. The third kappa shape index (κ3) is 6.34. The molecule has 1 saturated carbocycles. The maximum absolute atomic E-state index is 14.3. The first-order chi connectivity index (χ1) is 17.6. The molecule has 1 fully saturated rings. The Morgan fingerprint density at radius 3 is 2.62 bits per heavy atom. The van der Waals surface area contributed by atoms with Crippen LogP contribution in [0.4, 0.5) is 29.2 Å². The Morgan fingerprint density at radius 2 is 1.95 bits per heavy atom. The second-order valence-electron chi connectivity index (χ2n) is 8.49. The minimum absolute atomic E-state index is 0.0102. The minimum atomic E-state index is -5.34. The molecular weight excluding hydrogens is 522 g/mol. The lowest BCUT2D eigenvalue weighted by atomic mass is 9.70. The van der Waals surface area contributed by atoms with E-state index in [0.29, 0.717) is 11.6 Å². The molecule has 0 spiro atoms. The topological polar surface area (TPSA) is 119 Å². The standard InChI is InChI=1S/C23H20ClF4N5O4/c24-15-2-1-3-16(19(15)25)36-14-4-7-22(8-5-14,20(34)37-21(35)23(26,27)28)10-13-11-29-12-18(31-13)32-17-6-9-30-33-17/h1-3,6,9,11-12,14H,4-5,7-8,10H2,(H2,30,31,32,33). The van der Waals surface area contributed by atoms with Crippen LogP contribution in [0.2, 0.25) is 5.02 Å². The van der Waals surface area contributed by atoms with E-state index in [2.05, 4.69) is 30.2 Å². The molecule has 0 unspecified atom stereocenters. The lowest BCUT2D eigenvalue weighted by Gasteiger charge is -2.37. The van der Waals surface area contributed by atoms with Gasteiger partial charge in [-0.2, -0.15) is 18.3 Å². The quantitative estimate of drug-likeness (QED) is 0.246. The zero-order chi connectivity index (χ0) is 26.6. The summed E-state index contributed by atoms with van der Waals surface area (Å²) < 4.78 is 62.6. The maximum atomic E-state index is 14.3. The molecule has 2 N–H and O–H groups in total. The van der Waals surface area contributed by atoms with Gasteiger partial charge in [-0.25, -0.2) is 14.2 Å². The largest absolute Gasteiger partial charge is 0.491 e. The van der Waals surface area contributed by atoms with E-state index in [1.54, 1.807) is 6.07 Å². The molecular formula is C23H20ClF4N5O4. The fourth-order valence-corrected chi connectivity index (χ4v) is 4.25. The normalized spacial score (nSPS) is 19.8. The number of anilines is 2. The van der Waals surface area contributed by atoms with Crippen LogP contribution in [-0.2, 0) is 20.7 Å². The van der Waals surface area contributed by atoms with Crippen LogP contribution in [0.15, 0.2) is 42.9 Å². The van der Waals surface area contributed by atoms with Gasteiger partial charge >= 0.3 is 18.1 Å². The Balaban J connectivity index is 1.53. The number of benzene rings is 1. The molecule has 1 aromatic carbocycles. The molecule has 14 heteroatoms. The van der Waals surface area contributed by atoms with E-state index in [-0.39, 0.29) is 48.6 Å². The van der Waals surface area contributed by atoms with E-state index in [1.807, 2.05) is 0 Å². The molecule has 3 aromatic rings. The van der Waals surface area contributed by atoms with Crippen molar-refractivity contribution in [1.82, 2.24) is 20.2 Å². The summed E-state index contributed by atoms with van der Waals surface area (Å²) in [4.78, 5) is 32.8. The van der Waals surface area contributed by atoms with Crippen LogP contribution in [0, 0.1) is 11.2 Å². The lowest BCUT2D eigenvalue weighted by molar-refractivity contribution is -0.206. The summed E-state index contributed by atoms with van der Waals surface area (Å²) in [5, 5.41) is 9.28. The van der Waals surface area contributed by atoms with Gasteiger partial charge in [-0.3, -0.25) is 14.9 Å². The molecule has 4 rings (SSSR count). The van der Waals surface area contributed by atoms with Crippen molar-refractivity contribution in [1.29, 1.82) is 0 Å². The third-order valence-electron chi connectivity index (χ3n) is 5.92. The fraction of sp³-hybridized carbons (Fsp3) is 0.348. The smallest absolute Gasteiger partial charge is 0.487 e. The summed E-state index contributed by atoms with van der Waals surface area (Å²) in [5.41, 5.74) is -1.24. The molecule has 1 aliphatic carbocycles. The summed E-state index contributed by atoms with van der Waals surface area (Å²) in [5.74, 6) is -3.93. The van der Waals surface area contributed by atoms with Crippen LogP contribution in [0.1, 0.15) is 31.4 Å². The molecule has 0 amide bonds. The van der Waals surface area contributed by atoms with Gasteiger partial charge in [0.05, 0.1) is 34.6 Å². The van der Waals surface area contributed by atoms with E-state index in [4.69, 9.17) is 16.3 Å². The predicted molar refractivity (Wildman–Crippen MR) is 121 cm³/mol. The summed E-state index contributed by atoms with van der Waals surface area (Å²) in [6.45, 7) is 0. The van der Waals surface area contributed by atoms with Crippen LogP contribution in [0.25, 0.3) is 0 Å². The van der Waals surface area contributed by atoms with E-state index >= 15 is 0 Å². The van der Waals surface area contributed by atoms with Gasteiger partial charge in [0.2, 0.25) is 0 Å². The summed E-state index contributed by atoms with van der Waals surface area (Å²) in [6, 6.07) is 5.91. The second kappa shape index (κ2) is 10.7. The van der Waals surface area contributed by atoms with Crippen LogP contribution in [0.5, 0.6) is 5.75 Å². The fourth-order valence-electron chi connectivity index (χ4n) is 4.08. The Labute approximate surface area is 212 Å². The average molecular weight is 542 g/mol. The zero-order valence-electron chi connectivity index (χ0n) is 19.0. The molecule has 1 aliphatic rings. The number of halogens is 5. The van der Waals surface area contributed by atoms with E-state index in [0.717, 1.165) is 0 Å². The Bertz CT molecular complexity index is 1260. The Morgan fingerprint density at radius 1 is 1.19 bits per heavy atom. The van der Waals surface area contributed by atoms with Crippen molar-refractivity contribution in [3.8, 4) is 5.75 Å². The molecule has 0 aliphatic heterocycles. The number of alkyl halides is 3. The molecule has 0 atom stereocenters. The molecule has 0 bridgehead atoms. The second-order valence-corrected chi connectivity index (χ2v) is 8.90. The van der Waals surface area contributed by atoms with E-state index < -0.39 is 35.5 Å². The number of esters is 2. The summed E-state index contributed by atoms with van der Waals surface area (Å²) in [7, 11) is 0. The van der Waals surface area contributed by atoms with Gasteiger partial charge in [0.25, 0.3) is 0 Å². The monoisotopic (exact) mass is 541 g/mol. The van der Waals surface area contributed by atoms with Crippen LogP contribution in [-0.4, -0.2) is 44.4 Å². The van der Waals surface area contributed by atoms with Crippen molar-refractivity contribution in [3.63, 3.8) is 0 Å². The predicted octanol–water partition coefficient (Wildman–Crippen LogP) is 4.92. The number of carbonyl (C=O) groups excluding carboxylic acids is 2. The van der Waals surface area contributed by atoms with E-state index in [9.17, 15) is 27.2 Å². The molecule has 9 nitrogen and oxygen atoms in total. The van der Waals surface area contributed by atoms with Gasteiger partial charge in [0, 0.05) is 18.7 Å². The lowest BCUT2D eigenvalue weighted by Crippen LogP contribution is -2.43. The first-order valence-electron chi connectivity index (χ1n) is 11.1. The van der Waals surface area contributed by atoms with Crippen molar-refractivity contribution in [2.75, 3.05) is 5.32 Å². The Hall–Kier alpha value is -3.74.